The number of halogens is 1. The summed E-state index contributed by atoms with van der Waals surface area (Å²) < 4.78 is 10.6. The molecular weight excluding hydrogens is 326 g/mol. The molecular formula is C15H22ClNO6. The maximum absolute atomic E-state index is 9.10. The number of nitrogens with one attached hydrogen (secondary N) is 1. The average molecular weight is 348 g/mol. The molecule has 3 N–H and O–H groups in total. The lowest BCUT2D eigenvalue weighted by Gasteiger charge is -2.09. The first kappa shape index (κ1) is 21.2. The van der Waals surface area contributed by atoms with Gasteiger partial charge in [-0.25, -0.2) is 9.59 Å². The molecule has 23 heavy (non-hydrogen) atoms. The summed E-state index contributed by atoms with van der Waals surface area (Å²) in [6.07, 6.45) is 0.978. The van der Waals surface area contributed by atoms with Gasteiger partial charge >= 0.3 is 11.9 Å². The zero-order valence-electron chi connectivity index (χ0n) is 13.2. The van der Waals surface area contributed by atoms with Crippen LogP contribution >= 0.6 is 11.6 Å². The van der Waals surface area contributed by atoms with Crippen LogP contribution in [-0.2, 0) is 14.3 Å². The molecule has 0 unspecified atom stereocenters. The number of aliphatic carboxylic acids is 2. The van der Waals surface area contributed by atoms with Crippen LogP contribution in [0.3, 0.4) is 0 Å². The predicted octanol–water partition coefficient (Wildman–Crippen LogP) is 1.81. The van der Waals surface area contributed by atoms with Crippen molar-refractivity contribution in [1.82, 2.24) is 5.32 Å². The summed E-state index contributed by atoms with van der Waals surface area (Å²) in [5, 5.41) is 18.8. The van der Waals surface area contributed by atoms with Gasteiger partial charge in [0, 0.05) is 18.7 Å². The molecule has 0 spiro atoms. The zero-order valence-corrected chi connectivity index (χ0v) is 13.9. The molecule has 0 amide bonds. The third-order valence-electron chi connectivity index (χ3n) is 2.56. The van der Waals surface area contributed by atoms with Crippen molar-refractivity contribution < 1.29 is 29.3 Å². The molecule has 0 aliphatic rings. The lowest BCUT2D eigenvalue weighted by atomic mass is 10.2. The smallest absolute Gasteiger partial charge is 0.414 e. The number of methoxy groups -OCH3 is 1. The van der Waals surface area contributed by atoms with E-state index < -0.39 is 11.9 Å². The van der Waals surface area contributed by atoms with Crippen molar-refractivity contribution in [3.05, 3.63) is 28.8 Å². The lowest BCUT2D eigenvalue weighted by Crippen LogP contribution is -2.21. The van der Waals surface area contributed by atoms with Gasteiger partial charge in [0.25, 0.3) is 0 Å². The maximum atomic E-state index is 9.10. The van der Waals surface area contributed by atoms with Gasteiger partial charge in [0.15, 0.2) is 0 Å². The SMILES string of the molecule is COCCNCCCOc1ccc(Cl)cc1C.O=C(O)C(=O)O. The van der Waals surface area contributed by atoms with E-state index in [0.29, 0.717) is 6.61 Å². The van der Waals surface area contributed by atoms with Gasteiger partial charge in [0.05, 0.1) is 13.2 Å². The average Bonchev–Trinajstić information content (AvgIpc) is 2.48. The van der Waals surface area contributed by atoms with Crippen LogP contribution in [0.5, 0.6) is 5.75 Å². The van der Waals surface area contributed by atoms with Crippen LogP contribution in [0.15, 0.2) is 18.2 Å². The Morgan fingerprint density at radius 1 is 1.17 bits per heavy atom. The second-order valence-electron chi connectivity index (χ2n) is 4.46. The van der Waals surface area contributed by atoms with E-state index in [1.54, 1.807) is 7.11 Å². The van der Waals surface area contributed by atoms with Crippen LogP contribution in [0, 0.1) is 6.92 Å². The van der Waals surface area contributed by atoms with E-state index in [2.05, 4.69) is 5.32 Å². The van der Waals surface area contributed by atoms with E-state index in [0.717, 1.165) is 42.5 Å². The highest BCUT2D eigenvalue weighted by atomic mass is 35.5. The van der Waals surface area contributed by atoms with E-state index in [1.807, 2.05) is 25.1 Å². The van der Waals surface area contributed by atoms with Crippen molar-refractivity contribution in [3.63, 3.8) is 0 Å². The normalized spacial score (nSPS) is 9.70. The summed E-state index contributed by atoms with van der Waals surface area (Å²) in [6, 6.07) is 5.67. The number of benzene rings is 1. The number of rotatable bonds is 8. The first-order chi connectivity index (χ1) is 10.9. The van der Waals surface area contributed by atoms with Crippen molar-refractivity contribution in [2.24, 2.45) is 0 Å². The first-order valence-corrected chi connectivity index (χ1v) is 7.31. The highest BCUT2D eigenvalue weighted by Gasteiger charge is 2.04. The van der Waals surface area contributed by atoms with Crippen molar-refractivity contribution >= 4 is 23.5 Å². The topological polar surface area (TPSA) is 105 Å². The standard InChI is InChI=1S/C13H20ClNO2.C2H2O4/c1-11-10-12(14)4-5-13(11)17-8-3-6-15-7-9-16-2;3-1(4)2(5)6/h4-5,10,15H,3,6-9H2,1-2H3;(H,3,4)(H,5,6). The second-order valence-corrected chi connectivity index (χ2v) is 4.90. The number of carboxylic acid groups (broad SMARTS) is 2. The summed E-state index contributed by atoms with van der Waals surface area (Å²) in [5.74, 6) is -2.74. The molecule has 0 bridgehead atoms. The number of aryl methyl sites for hydroxylation is 1. The van der Waals surface area contributed by atoms with Crippen molar-refractivity contribution in [2.75, 3.05) is 33.4 Å². The van der Waals surface area contributed by atoms with Crippen LogP contribution < -0.4 is 10.1 Å². The zero-order chi connectivity index (χ0) is 17.7. The van der Waals surface area contributed by atoms with Crippen molar-refractivity contribution in [2.45, 2.75) is 13.3 Å². The van der Waals surface area contributed by atoms with Crippen molar-refractivity contribution in [3.8, 4) is 5.75 Å². The van der Waals surface area contributed by atoms with Gasteiger partial charge in [-0.05, 0) is 43.7 Å². The number of hydrogen-bond acceptors (Lipinski definition) is 5. The highest BCUT2D eigenvalue weighted by molar-refractivity contribution is 6.30. The number of carbonyl (C=O) groups is 2. The molecule has 0 aromatic heterocycles. The maximum Gasteiger partial charge on any atom is 0.414 e. The molecule has 0 atom stereocenters. The van der Waals surface area contributed by atoms with Gasteiger partial charge in [-0.15, -0.1) is 0 Å². The van der Waals surface area contributed by atoms with Gasteiger partial charge in [-0.2, -0.15) is 0 Å². The van der Waals surface area contributed by atoms with Crippen molar-refractivity contribution in [1.29, 1.82) is 0 Å². The van der Waals surface area contributed by atoms with E-state index >= 15 is 0 Å². The minimum atomic E-state index is -1.82. The summed E-state index contributed by atoms with van der Waals surface area (Å²) in [5.41, 5.74) is 1.07. The van der Waals surface area contributed by atoms with E-state index in [4.69, 9.17) is 40.9 Å². The molecule has 7 nitrogen and oxygen atoms in total. The molecule has 0 aliphatic heterocycles. The molecule has 0 saturated heterocycles. The molecule has 1 rings (SSSR count). The van der Waals surface area contributed by atoms with Crippen LogP contribution in [0.25, 0.3) is 0 Å². The third kappa shape index (κ3) is 11.4. The van der Waals surface area contributed by atoms with Gasteiger partial charge in [-0.1, -0.05) is 11.6 Å². The molecule has 0 heterocycles. The largest absolute Gasteiger partial charge is 0.493 e. The Hall–Kier alpha value is -1.83. The van der Waals surface area contributed by atoms with Gasteiger partial charge in [0.1, 0.15) is 5.75 Å². The lowest BCUT2D eigenvalue weighted by molar-refractivity contribution is -0.159. The van der Waals surface area contributed by atoms with Gasteiger partial charge < -0.3 is 25.0 Å². The second kappa shape index (κ2) is 12.7. The molecule has 0 fully saturated rings. The molecule has 8 heteroatoms. The molecule has 0 radical (unpaired) electrons. The van der Waals surface area contributed by atoms with E-state index in [-0.39, 0.29) is 0 Å². The minimum absolute atomic E-state index is 0.711. The monoisotopic (exact) mass is 347 g/mol. The van der Waals surface area contributed by atoms with Crippen LogP contribution in [0.2, 0.25) is 5.02 Å². The fourth-order valence-corrected chi connectivity index (χ4v) is 1.68. The molecule has 1 aromatic rings. The van der Waals surface area contributed by atoms with Gasteiger partial charge in [0.2, 0.25) is 0 Å². The third-order valence-corrected chi connectivity index (χ3v) is 2.79. The summed E-state index contributed by atoms with van der Waals surface area (Å²) >= 11 is 5.87. The fraction of sp³-hybridized carbons (Fsp3) is 0.467. The summed E-state index contributed by atoms with van der Waals surface area (Å²) in [7, 11) is 1.70. The predicted molar refractivity (Wildman–Crippen MR) is 86.3 cm³/mol. The first-order valence-electron chi connectivity index (χ1n) is 6.93. The Balaban J connectivity index is 0.000000688. The number of carboxylic acids is 2. The molecule has 0 aliphatic carbocycles. The van der Waals surface area contributed by atoms with Crippen LogP contribution in [0.1, 0.15) is 12.0 Å². The highest BCUT2D eigenvalue weighted by Crippen LogP contribution is 2.21. The molecule has 130 valence electrons. The molecule has 1 aromatic carbocycles. The Morgan fingerprint density at radius 3 is 2.35 bits per heavy atom. The van der Waals surface area contributed by atoms with Crippen LogP contribution in [0.4, 0.5) is 0 Å². The Bertz CT molecular complexity index is 483. The summed E-state index contributed by atoms with van der Waals surface area (Å²) in [4.78, 5) is 18.2. The Morgan fingerprint density at radius 2 is 1.83 bits per heavy atom. The number of hydrogen-bond donors (Lipinski definition) is 3. The fourth-order valence-electron chi connectivity index (χ4n) is 1.45. The van der Waals surface area contributed by atoms with Gasteiger partial charge in [-0.3, -0.25) is 0 Å². The van der Waals surface area contributed by atoms with E-state index in [1.165, 1.54) is 0 Å². The molecule has 0 saturated carbocycles. The summed E-state index contributed by atoms with van der Waals surface area (Å²) in [6.45, 7) is 5.28. The van der Waals surface area contributed by atoms with E-state index in [9.17, 15) is 0 Å². The number of ether oxygens (including phenoxy) is 2. The Kier molecular flexibility index (Phi) is 11.7. The van der Waals surface area contributed by atoms with Crippen LogP contribution in [-0.4, -0.2) is 55.6 Å². The Labute approximate surface area is 140 Å². The minimum Gasteiger partial charge on any atom is -0.493 e. The quantitative estimate of drug-likeness (QED) is 0.486.